The Kier molecular flexibility index (Phi) is 4.08. The van der Waals surface area contributed by atoms with Crippen molar-refractivity contribution in [1.29, 1.82) is 0 Å². The van der Waals surface area contributed by atoms with Gasteiger partial charge in [-0.1, -0.05) is 13.8 Å². The molecule has 6 heteroatoms. The predicted octanol–water partition coefficient (Wildman–Crippen LogP) is 2.10. The number of imidazole rings is 1. The number of aromatic amines is 1. The largest absolute Gasteiger partial charge is 0.339 e. The summed E-state index contributed by atoms with van der Waals surface area (Å²) >= 11 is 1.61. The molecule has 0 aromatic carbocycles. The van der Waals surface area contributed by atoms with Gasteiger partial charge in [0.05, 0.1) is 5.69 Å². The molecule has 0 fully saturated rings. The van der Waals surface area contributed by atoms with Crippen LogP contribution in [-0.2, 0) is 13.6 Å². The van der Waals surface area contributed by atoms with Crippen molar-refractivity contribution in [1.82, 2.24) is 25.1 Å². The maximum atomic E-state index is 4.48. The molecule has 0 saturated heterocycles. The summed E-state index contributed by atoms with van der Waals surface area (Å²) in [6.45, 7) is 7.17. The smallest absolute Gasteiger partial charge is 0.171 e. The van der Waals surface area contributed by atoms with Crippen LogP contribution in [0.25, 0.3) is 0 Å². The van der Waals surface area contributed by atoms with E-state index in [1.807, 2.05) is 24.9 Å². The second kappa shape index (κ2) is 5.58. The zero-order valence-corrected chi connectivity index (χ0v) is 12.0. The fraction of sp³-hybridized carbons (Fsp3) is 0.500. The molecule has 0 amide bonds. The molecule has 2 N–H and O–H groups in total. The van der Waals surface area contributed by atoms with Crippen molar-refractivity contribution in [2.45, 2.75) is 43.5 Å². The Morgan fingerprint density at radius 1 is 1.50 bits per heavy atom. The normalized spacial score (nSPS) is 11.4. The number of H-pyrrole nitrogens is 1. The zero-order valence-electron chi connectivity index (χ0n) is 11.2. The van der Waals surface area contributed by atoms with E-state index in [9.17, 15) is 0 Å². The van der Waals surface area contributed by atoms with E-state index >= 15 is 0 Å². The zero-order chi connectivity index (χ0) is 13.1. The lowest BCUT2D eigenvalue weighted by Gasteiger charge is -2.09. The molecule has 2 heterocycles. The molecule has 0 saturated carbocycles. The van der Waals surface area contributed by atoms with Crippen LogP contribution in [0, 0.1) is 6.92 Å². The lowest BCUT2D eigenvalue weighted by Crippen LogP contribution is -2.22. The standard InChI is InChI=1S/C12H19N5S/c1-8(2)15-7-10-9(3)16-17(4)11(10)18-12-13-5-6-14-12/h5-6,8,15H,7H2,1-4H3,(H,13,14). The number of nitrogens with one attached hydrogen (secondary N) is 2. The Balaban J connectivity index is 2.22. The molecule has 0 spiro atoms. The van der Waals surface area contributed by atoms with Crippen molar-refractivity contribution < 1.29 is 0 Å². The van der Waals surface area contributed by atoms with Crippen LogP contribution in [-0.4, -0.2) is 25.8 Å². The second-order valence-corrected chi connectivity index (χ2v) is 5.50. The minimum atomic E-state index is 0.464. The molecule has 5 nitrogen and oxygen atoms in total. The van der Waals surface area contributed by atoms with Gasteiger partial charge in [-0.25, -0.2) is 4.98 Å². The molecule has 0 unspecified atom stereocenters. The van der Waals surface area contributed by atoms with Crippen LogP contribution in [0.2, 0.25) is 0 Å². The monoisotopic (exact) mass is 265 g/mol. The van der Waals surface area contributed by atoms with E-state index in [-0.39, 0.29) is 0 Å². The van der Waals surface area contributed by atoms with Gasteiger partial charge in [-0.3, -0.25) is 4.68 Å². The van der Waals surface area contributed by atoms with Gasteiger partial charge in [-0.05, 0) is 18.7 Å². The average molecular weight is 265 g/mol. The Morgan fingerprint density at radius 3 is 2.89 bits per heavy atom. The Hall–Kier alpha value is -1.27. The van der Waals surface area contributed by atoms with Gasteiger partial charge in [0, 0.05) is 37.6 Å². The number of rotatable bonds is 5. The van der Waals surface area contributed by atoms with Gasteiger partial charge in [-0.15, -0.1) is 0 Å². The van der Waals surface area contributed by atoms with E-state index < -0.39 is 0 Å². The number of hydrogen-bond donors (Lipinski definition) is 2. The van der Waals surface area contributed by atoms with Gasteiger partial charge in [0.15, 0.2) is 5.16 Å². The van der Waals surface area contributed by atoms with Gasteiger partial charge in [0.25, 0.3) is 0 Å². The SMILES string of the molecule is Cc1nn(C)c(Sc2ncc[nH]2)c1CNC(C)C. The number of aromatic nitrogens is 4. The van der Waals surface area contributed by atoms with Crippen LogP contribution in [0.3, 0.4) is 0 Å². The summed E-state index contributed by atoms with van der Waals surface area (Å²) < 4.78 is 1.92. The van der Waals surface area contributed by atoms with Crippen LogP contribution in [0.15, 0.2) is 22.6 Å². The highest BCUT2D eigenvalue weighted by Crippen LogP contribution is 2.29. The molecule has 0 aliphatic carbocycles. The molecule has 2 aromatic rings. The van der Waals surface area contributed by atoms with E-state index in [4.69, 9.17) is 0 Å². The van der Waals surface area contributed by atoms with Crippen molar-refractivity contribution in [3.05, 3.63) is 23.7 Å². The van der Waals surface area contributed by atoms with E-state index in [1.54, 1.807) is 18.0 Å². The minimum Gasteiger partial charge on any atom is -0.339 e. The van der Waals surface area contributed by atoms with E-state index in [2.05, 4.69) is 34.2 Å². The topological polar surface area (TPSA) is 58.5 Å². The molecule has 2 rings (SSSR count). The quantitative estimate of drug-likeness (QED) is 0.869. The van der Waals surface area contributed by atoms with Crippen molar-refractivity contribution in [3.8, 4) is 0 Å². The van der Waals surface area contributed by atoms with E-state index in [0.29, 0.717) is 6.04 Å². The highest BCUT2D eigenvalue weighted by molar-refractivity contribution is 7.99. The average Bonchev–Trinajstić information content (AvgIpc) is 2.87. The van der Waals surface area contributed by atoms with Crippen molar-refractivity contribution in [2.75, 3.05) is 0 Å². The van der Waals surface area contributed by atoms with Gasteiger partial charge in [-0.2, -0.15) is 5.10 Å². The first kappa shape index (κ1) is 13.2. The Bertz CT molecular complexity index is 501. The number of hydrogen-bond acceptors (Lipinski definition) is 4. The number of aryl methyl sites for hydroxylation is 2. The summed E-state index contributed by atoms with van der Waals surface area (Å²) in [5.74, 6) is 0. The summed E-state index contributed by atoms with van der Waals surface area (Å²) in [5, 5.41) is 9.95. The summed E-state index contributed by atoms with van der Waals surface area (Å²) in [7, 11) is 1.97. The van der Waals surface area contributed by atoms with E-state index in [1.165, 1.54) is 5.56 Å². The lowest BCUT2D eigenvalue weighted by molar-refractivity contribution is 0.580. The first-order valence-electron chi connectivity index (χ1n) is 6.01. The minimum absolute atomic E-state index is 0.464. The first-order chi connectivity index (χ1) is 8.58. The molecule has 2 aromatic heterocycles. The Morgan fingerprint density at radius 2 is 2.28 bits per heavy atom. The molecular formula is C12H19N5S. The molecule has 0 atom stereocenters. The molecule has 18 heavy (non-hydrogen) atoms. The molecule has 0 aliphatic heterocycles. The van der Waals surface area contributed by atoms with Gasteiger partial charge < -0.3 is 10.3 Å². The van der Waals surface area contributed by atoms with Gasteiger partial charge in [0.1, 0.15) is 5.03 Å². The lowest BCUT2D eigenvalue weighted by atomic mass is 10.2. The van der Waals surface area contributed by atoms with Crippen LogP contribution < -0.4 is 5.32 Å². The van der Waals surface area contributed by atoms with Crippen LogP contribution in [0.1, 0.15) is 25.1 Å². The van der Waals surface area contributed by atoms with Crippen LogP contribution in [0.4, 0.5) is 0 Å². The summed E-state index contributed by atoms with van der Waals surface area (Å²) in [6.07, 6.45) is 3.59. The third-order valence-corrected chi connectivity index (χ3v) is 3.76. The number of nitrogens with zero attached hydrogens (tertiary/aromatic N) is 3. The fourth-order valence-corrected chi connectivity index (χ4v) is 2.66. The highest BCUT2D eigenvalue weighted by Gasteiger charge is 2.15. The van der Waals surface area contributed by atoms with Crippen molar-refractivity contribution >= 4 is 11.8 Å². The van der Waals surface area contributed by atoms with Gasteiger partial charge in [0.2, 0.25) is 0 Å². The molecule has 0 radical (unpaired) electrons. The van der Waals surface area contributed by atoms with Crippen molar-refractivity contribution in [3.63, 3.8) is 0 Å². The van der Waals surface area contributed by atoms with E-state index in [0.717, 1.165) is 22.4 Å². The summed E-state index contributed by atoms with van der Waals surface area (Å²) in [4.78, 5) is 7.35. The second-order valence-electron chi connectivity index (χ2n) is 4.52. The van der Waals surface area contributed by atoms with Crippen LogP contribution >= 0.6 is 11.8 Å². The fourth-order valence-electron chi connectivity index (χ4n) is 1.72. The molecule has 98 valence electrons. The maximum absolute atomic E-state index is 4.48. The van der Waals surface area contributed by atoms with Crippen LogP contribution in [0.5, 0.6) is 0 Å². The third-order valence-electron chi connectivity index (χ3n) is 2.64. The first-order valence-corrected chi connectivity index (χ1v) is 6.82. The summed E-state index contributed by atoms with van der Waals surface area (Å²) in [5.41, 5.74) is 2.31. The predicted molar refractivity (Wildman–Crippen MR) is 72.6 cm³/mol. The molecule has 0 aliphatic rings. The van der Waals surface area contributed by atoms with Crippen molar-refractivity contribution in [2.24, 2.45) is 7.05 Å². The summed E-state index contributed by atoms with van der Waals surface area (Å²) in [6, 6.07) is 0.464. The highest BCUT2D eigenvalue weighted by atomic mass is 32.2. The van der Waals surface area contributed by atoms with Gasteiger partial charge >= 0.3 is 0 Å². The molecule has 0 bridgehead atoms. The maximum Gasteiger partial charge on any atom is 0.171 e. The third kappa shape index (κ3) is 2.94. The Labute approximate surface area is 111 Å². The molecular weight excluding hydrogens is 246 g/mol.